The van der Waals surface area contributed by atoms with Gasteiger partial charge in [0.05, 0.1) is 28.7 Å². The van der Waals surface area contributed by atoms with E-state index in [2.05, 4.69) is 21.8 Å². The van der Waals surface area contributed by atoms with E-state index in [1.165, 1.54) is 0 Å². The van der Waals surface area contributed by atoms with E-state index in [-0.39, 0.29) is 29.6 Å². The molecule has 1 fully saturated rings. The summed E-state index contributed by atoms with van der Waals surface area (Å²) in [6, 6.07) is 39.2. The summed E-state index contributed by atoms with van der Waals surface area (Å²) in [4.78, 5) is 4.67. The number of aliphatic hydroxyl groups is 1. The monoisotopic (exact) mass is 624 g/mol. The van der Waals surface area contributed by atoms with Gasteiger partial charge >= 0.3 is 0 Å². The summed E-state index contributed by atoms with van der Waals surface area (Å²) in [5, 5.41) is 10.5. The van der Waals surface area contributed by atoms with E-state index in [1.54, 1.807) is 66.5 Å². The lowest BCUT2D eigenvalue weighted by atomic mass is 9.84. The molecule has 6 rings (SSSR count). The summed E-state index contributed by atoms with van der Waals surface area (Å²) in [5.41, 5.74) is 3.95. The Kier molecular flexibility index (Phi) is 9.40. The molecule has 2 N–H and O–H groups in total. The third-order valence-electron chi connectivity index (χ3n) is 7.47. The molecule has 0 aliphatic carbocycles. The molecule has 0 spiro atoms. The minimum Gasteiger partial charge on any atom is -0.392 e. The number of nitrogens with one attached hydrogen (secondary N) is 1. The van der Waals surface area contributed by atoms with Crippen LogP contribution in [0.15, 0.2) is 144 Å². The number of nitrogens with zero attached hydrogens (tertiary/aromatic N) is 1. The number of aliphatic hydroxyl groups excluding tert-OH is 1. The SMILES string of the molecule is O=S(=O)(Nc1cccc(C2OC(CSc3ccccn3)C(c3ccccc3)C(c3ccc(CO)cc3)O2)c1)c1ccccc1. The number of thioether (sulfide) groups is 1. The highest BCUT2D eigenvalue weighted by Crippen LogP contribution is 2.48. The van der Waals surface area contributed by atoms with Gasteiger partial charge in [0.1, 0.15) is 0 Å². The first-order chi connectivity index (χ1) is 21.5. The third-order valence-corrected chi connectivity index (χ3v) is 9.90. The molecule has 1 aliphatic heterocycles. The molecule has 4 unspecified atom stereocenters. The van der Waals surface area contributed by atoms with Crippen LogP contribution in [0.5, 0.6) is 0 Å². The number of hydrogen-bond acceptors (Lipinski definition) is 7. The second-order valence-corrected chi connectivity index (χ2v) is 13.1. The van der Waals surface area contributed by atoms with Crippen LogP contribution in [0.4, 0.5) is 5.69 Å². The lowest BCUT2D eigenvalue weighted by Gasteiger charge is -2.43. The number of hydrogen-bond donors (Lipinski definition) is 2. The Morgan fingerprint density at radius 1 is 0.750 bits per heavy atom. The van der Waals surface area contributed by atoms with E-state index in [4.69, 9.17) is 9.47 Å². The van der Waals surface area contributed by atoms with Crippen molar-refractivity contribution < 1.29 is 23.0 Å². The summed E-state index contributed by atoms with van der Waals surface area (Å²) < 4.78 is 42.3. The minimum atomic E-state index is -3.78. The van der Waals surface area contributed by atoms with Gasteiger partial charge in [-0.15, -0.1) is 11.8 Å². The van der Waals surface area contributed by atoms with Crippen molar-refractivity contribution in [3.8, 4) is 0 Å². The van der Waals surface area contributed by atoms with Gasteiger partial charge in [0.25, 0.3) is 10.0 Å². The maximum Gasteiger partial charge on any atom is 0.261 e. The van der Waals surface area contributed by atoms with Gasteiger partial charge in [-0.1, -0.05) is 91.0 Å². The molecule has 2 heterocycles. The number of benzene rings is 4. The standard InChI is InChI=1S/C35H32N2O5S2/c38-23-25-17-19-27(20-18-25)34-33(26-10-3-1-4-11-26)31(24-43-32-16-7-8-21-36-32)41-35(42-34)28-12-9-13-29(22-28)37-44(39,40)30-14-5-2-6-15-30/h1-22,31,33-35,37-38H,23-24H2. The van der Waals surface area contributed by atoms with Crippen LogP contribution < -0.4 is 4.72 Å². The predicted molar refractivity (Wildman–Crippen MR) is 172 cm³/mol. The van der Waals surface area contributed by atoms with Gasteiger partial charge in [-0.25, -0.2) is 13.4 Å². The second kappa shape index (κ2) is 13.8. The predicted octanol–water partition coefficient (Wildman–Crippen LogP) is 7.11. The van der Waals surface area contributed by atoms with Gasteiger partial charge in [-0.05, 0) is 53.1 Å². The normalized spacial score (nSPS) is 20.2. The summed E-state index contributed by atoms with van der Waals surface area (Å²) in [7, 11) is -3.78. The van der Waals surface area contributed by atoms with Crippen LogP contribution >= 0.6 is 11.8 Å². The van der Waals surface area contributed by atoms with Crippen molar-refractivity contribution in [2.75, 3.05) is 10.5 Å². The number of ether oxygens (including phenoxy) is 2. The zero-order valence-corrected chi connectivity index (χ0v) is 25.4. The molecule has 1 aliphatic rings. The van der Waals surface area contributed by atoms with Crippen LogP contribution in [0.1, 0.15) is 40.6 Å². The van der Waals surface area contributed by atoms with Gasteiger partial charge in [-0.3, -0.25) is 4.72 Å². The number of rotatable bonds is 10. The van der Waals surface area contributed by atoms with E-state index in [9.17, 15) is 13.5 Å². The van der Waals surface area contributed by atoms with Crippen LogP contribution in [0.3, 0.4) is 0 Å². The molecular formula is C35H32N2O5S2. The van der Waals surface area contributed by atoms with Crippen molar-refractivity contribution >= 4 is 27.5 Å². The van der Waals surface area contributed by atoms with E-state index in [1.807, 2.05) is 66.7 Å². The molecule has 1 aromatic heterocycles. The lowest BCUT2D eigenvalue weighted by Crippen LogP contribution is -2.38. The Morgan fingerprint density at radius 2 is 1.45 bits per heavy atom. The molecular weight excluding hydrogens is 593 g/mol. The van der Waals surface area contributed by atoms with E-state index in [0.29, 0.717) is 17.0 Å². The molecule has 7 nitrogen and oxygen atoms in total. The number of pyridine rings is 1. The smallest absolute Gasteiger partial charge is 0.261 e. The Balaban J connectivity index is 1.35. The fourth-order valence-electron chi connectivity index (χ4n) is 5.31. The molecule has 0 amide bonds. The molecule has 0 bridgehead atoms. The fraction of sp³-hybridized carbons (Fsp3) is 0.171. The zero-order chi connectivity index (χ0) is 30.4. The summed E-state index contributed by atoms with van der Waals surface area (Å²) in [5.74, 6) is 0.463. The highest BCUT2D eigenvalue weighted by Gasteiger charge is 2.42. The largest absolute Gasteiger partial charge is 0.392 e. The Labute approximate surface area is 262 Å². The van der Waals surface area contributed by atoms with Gasteiger partial charge < -0.3 is 14.6 Å². The van der Waals surface area contributed by atoms with Crippen molar-refractivity contribution in [3.63, 3.8) is 0 Å². The summed E-state index contributed by atoms with van der Waals surface area (Å²) in [6.07, 6.45) is 0.337. The Hall–Kier alpha value is -3.99. The molecule has 44 heavy (non-hydrogen) atoms. The van der Waals surface area contributed by atoms with Gasteiger partial charge in [0.15, 0.2) is 6.29 Å². The van der Waals surface area contributed by atoms with Crippen LogP contribution in [-0.4, -0.2) is 30.4 Å². The Morgan fingerprint density at radius 3 is 2.16 bits per heavy atom. The third kappa shape index (κ3) is 7.04. The van der Waals surface area contributed by atoms with Crippen LogP contribution in [-0.2, 0) is 26.1 Å². The van der Waals surface area contributed by atoms with Crippen LogP contribution in [0.25, 0.3) is 0 Å². The van der Waals surface area contributed by atoms with E-state index >= 15 is 0 Å². The minimum absolute atomic E-state index is 0.0469. The fourth-order valence-corrected chi connectivity index (χ4v) is 7.32. The lowest BCUT2D eigenvalue weighted by molar-refractivity contribution is -0.255. The first-order valence-electron chi connectivity index (χ1n) is 14.3. The second-order valence-electron chi connectivity index (χ2n) is 10.4. The highest BCUT2D eigenvalue weighted by molar-refractivity contribution is 7.99. The van der Waals surface area contributed by atoms with E-state index < -0.39 is 16.3 Å². The quantitative estimate of drug-likeness (QED) is 0.160. The molecule has 224 valence electrons. The molecule has 5 aromatic rings. The maximum atomic E-state index is 13.1. The molecule has 0 saturated carbocycles. The molecule has 1 saturated heterocycles. The first kappa shape index (κ1) is 30.1. The maximum absolute atomic E-state index is 13.1. The topological polar surface area (TPSA) is 97.8 Å². The highest BCUT2D eigenvalue weighted by atomic mass is 32.2. The first-order valence-corrected chi connectivity index (χ1v) is 16.7. The van der Waals surface area contributed by atoms with Crippen molar-refractivity contribution in [2.24, 2.45) is 0 Å². The van der Waals surface area contributed by atoms with Crippen molar-refractivity contribution in [3.05, 3.63) is 156 Å². The average Bonchev–Trinajstić information content (AvgIpc) is 3.08. The summed E-state index contributed by atoms with van der Waals surface area (Å²) in [6.45, 7) is -0.0469. The van der Waals surface area contributed by atoms with Crippen LogP contribution in [0, 0.1) is 0 Å². The van der Waals surface area contributed by atoms with E-state index in [0.717, 1.165) is 21.7 Å². The summed E-state index contributed by atoms with van der Waals surface area (Å²) >= 11 is 1.62. The molecule has 4 atom stereocenters. The van der Waals surface area contributed by atoms with Gasteiger partial charge in [-0.2, -0.15) is 0 Å². The van der Waals surface area contributed by atoms with Crippen molar-refractivity contribution in [1.82, 2.24) is 4.98 Å². The van der Waals surface area contributed by atoms with Crippen LogP contribution in [0.2, 0.25) is 0 Å². The number of sulfonamides is 1. The van der Waals surface area contributed by atoms with Gasteiger partial charge in [0, 0.05) is 29.1 Å². The van der Waals surface area contributed by atoms with Crippen molar-refractivity contribution in [2.45, 2.75) is 40.9 Å². The van der Waals surface area contributed by atoms with Gasteiger partial charge in [0.2, 0.25) is 0 Å². The molecule has 4 aromatic carbocycles. The molecule has 0 radical (unpaired) electrons. The zero-order valence-electron chi connectivity index (χ0n) is 23.8. The average molecular weight is 625 g/mol. The Bertz CT molecular complexity index is 1760. The van der Waals surface area contributed by atoms with Crippen molar-refractivity contribution in [1.29, 1.82) is 0 Å². The number of anilines is 1. The molecule has 9 heteroatoms. The number of aromatic nitrogens is 1.